The van der Waals surface area contributed by atoms with Crippen LogP contribution in [0.4, 0.5) is 5.69 Å². The van der Waals surface area contributed by atoms with Gasteiger partial charge in [0.15, 0.2) is 0 Å². The summed E-state index contributed by atoms with van der Waals surface area (Å²) in [5, 5.41) is 0.517. The summed E-state index contributed by atoms with van der Waals surface area (Å²) in [7, 11) is -3.65. The number of sulfonamides is 1. The van der Waals surface area contributed by atoms with Gasteiger partial charge < -0.3 is 0 Å². The third kappa shape index (κ3) is 2.96. The number of benzene rings is 2. The molecule has 18 heavy (non-hydrogen) atoms. The molecule has 0 saturated carbocycles. The second-order valence-corrected chi connectivity index (χ2v) is 6.04. The molecule has 0 atom stereocenters. The third-order valence-electron chi connectivity index (χ3n) is 2.23. The highest BCUT2D eigenvalue weighted by Gasteiger charge is 2.15. The molecule has 0 bridgehead atoms. The Bertz CT molecular complexity index is 657. The summed E-state index contributed by atoms with van der Waals surface area (Å²) < 4.78 is 26.6. The van der Waals surface area contributed by atoms with Crippen molar-refractivity contribution in [2.45, 2.75) is 4.90 Å². The van der Waals surface area contributed by atoms with Crippen molar-refractivity contribution in [3.63, 3.8) is 0 Å². The van der Waals surface area contributed by atoms with Gasteiger partial charge in [-0.05, 0) is 30.3 Å². The van der Waals surface area contributed by atoms with E-state index in [9.17, 15) is 8.42 Å². The number of nitrogens with one attached hydrogen (secondary N) is 1. The van der Waals surface area contributed by atoms with E-state index in [0.29, 0.717) is 10.7 Å². The molecule has 0 aliphatic rings. The topological polar surface area (TPSA) is 46.2 Å². The minimum atomic E-state index is -3.65. The first-order valence-electron chi connectivity index (χ1n) is 5.02. The van der Waals surface area contributed by atoms with E-state index in [1.807, 2.05) is 0 Å². The molecule has 0 unspecified atom stereocenters. The van der Waals surface area contributed by atoms with Crippen molar-refractivity contribution in [2.75, 3.05) is 4.72 Å². The molecule has 0 saturated heterocycles. The van der Waals surface area contributed by atoms with Gasteiger partial charge in [-0.2, -0.15) is 0 Å². The minimum absolute atomic E-state index is 0.0701. The van der Waals surface area contributed by atoms with Crippen LogP contribution in [-0.2, 0) is 10.0 Å². The minimum Gasteiger partial charge on any atom is -0.280 e. The van der Waals surface area contributed by atoms with Gasteiger partial charge in [-0.25, -0.2) is 8.42 Å². The van der Waals surface area contributed by atoms with E-state index in [4.69, 9.17) is 23.2 Å². The molecular formula is C12H9Cl2NO2S. The molecule has 2 rings (SSSR count). The number of rotatable bonds is 3. The maximum absolute atomic E-state index is 12.1. The number of hydrogen-bond acceptors (Lipinski definition) is 2. The zero-order valence-electron chi connectivity index (χ0n) is 9.10. The van der Waals surface area contributed by atoms with Crippen LogP contribution in [0.2, 0.25) is 10.0 Å². The summed E-state index contributed by atoms with van der Waals surface area (Å²) in [5.41, 5.74) is 0.489. The molecule has 0 aromatic heterocycles. The van der Waals surface area contributed by atoms with E-state index in [0.717, 1.165) is 0 Å². The lowest BCUT2D eigenvalue weighted by molar-refractivity contribution is 0.601. The summed E-state index contributed by atoms with van der Waals surface area (Å²) >= 11 is 11.5. The molecule has 3 nitrogen and oxygen atoms in total. The van der Waals surface area contributed by atoms with E-state index in [-0.39, 0.29) is 9.92 Å². The highest BCUT2D eigenvalue weighted by molar-refractivity contribution is 7.92. The zero-order chi connectivity index (χ0) is 13.2. The largest absolute Gasteiger partial charge is 0.280 e. The molecule has 6 heteroatoms. The van der Waals surface area contributed by atoms with Crippen LogP contribution in [0.5, 0.6) is 0 Å². The second kappa shape index (κ2) is 5.18. The van der Waals surface area contributed by atoms with Crippen LogP contribution in [0.25, 0.3) is 0 Å². The fourth-order valence-electron chi connectivity index (χ4n) is 1.36. The fraction of sp³-hybridized carbons (Fsp3) is 0. The molecule has 0 heterocycles. The van der Waals surface area contributed by atoms with Crippen molar-refractivity contribution in [3.8, 4) is 0 Å². The molecule has 0 radical (unpaired) electrons. The molecule has 0 fully saturated rings. The Hall–Kier alpha value is -1.23. The van der Waals surface area contributed by atoms with Gasteiger partial charge in [-0.15, -0.1) is 0 Å². The standard InChI is InChI=1S/C12H9Cl2NO2S/c13-11-7-6-10(8-12(11)14)18(16,17)15-9-4-2-1-3-5-9/h1-8,15H. The SMILES string of the molecule is O=S(=O)(Nc1ccccc1)c1ccc(Cl)c(Cl)c1. The van der Waals surface area contributed by atoms with Crippen molar-refractivity contribution in [1.82, 2.24) is 0 Å². The Morgan fingerprint density at radius 2 is 1.56 bits per heavy atom. The molecule has 94 valence electrons. The number of hydrogen-bond donors (Lipinski definition) is 1. The Balaban J connectivity index is 2.34. The molecule has 0 aliphatic heterocycles. The lowest BCUT2D eigenvalue weighted by Crippen LogP contribution is -2.12. The van der Waals surface area contributed by atoms with Gasteiger partial charge in [0.1, 0.15) is 0 Å². The summed E-state index contributed by atoms with van der Waals surface area (Å²) in [6.07, 6.45) is 0. The molecule has 0 spiro atoms. The van der Waals surface area contributed by atoms with Crippen LogP contribution in [0, 0.1) is 0 Å². The fourth-order valence-corrected chi connectivity index (χ4v) is 2.81. The van der Waals surface area contributed by atoms with E-state index in [1.54, 1.807) is 30.3 Å². The van der Waals surface area contributed by atoms with Crippen molar-refractivity contribution in [2.24, 2.45) is 0 Å². The summed E-state index contributed by atoms with van der Waals surface area (Å²) in [4.78, 5) is 0.0701. The van der Waals surface area contributed by atoms with Gasteiger partial charge >= 0.3 is 0 Å². The monoisotopic (exact) mass is 301 g/mol. The average molecular weight is 302 g/mol. The summed E-state index contributed by atoms with van der Waals surface area (Å²) in [6, 6.07) is 12.8. The molecule has 0 amide bonds. The quantitative estimate of drug-likeness (QED) is 0.937. The number of anilines is 1. The lowest BCUT2D eigenvalue weighted by Gasteiger charge is -2.08. The van der Waals surface area contributed by atoms with Crippen LogP contribution >= 0.6 is 23.2 Å². The smallest absolute Gasteiger partial charge is 0.261 e. The third-order valence-corrected chi connectivity index (χ3v) is 4.35. The maximum atomic E-state index is 12.1. The van der Waals surface area contributed by atoms with Crippen molar-refractivity contribution < 1.29 is 8.42 Å². The highest BCUT2D eigenvalue weighted by Crippen LogP contribution is 2.25. The zero-order valence-corrected chi connectivity index (χ0v) is 11.4. The van der Waals surface area contributed by atoms with E-state index in [1.165, 1.54) is 18.2 Å². The van der Waals surface area contributed by atoms with Gasteiger partial charge in [0, 0.05) is 5.69 Å². The van der Waals surface area contributed by atoms with E-state index >= 15 is 0 Å². The van der Waals surface area contributed by atoms with Crippen LogP contribution in [0.1, 0.15) is 0 Å². The molecule has 0 aliphatic carbocycles. The van der Waals surface area contributed by atoms with Gasteiger partial charge in [0.25, 0.3) is 10.0 Å². The summed E-state index contributed by atoms with van der Waals surface area (Å²) in [5.74, 6) is 0. The van der Waals surface area contributed by atoms with Gasteiger partial charge in [-0.1, -0.05) is 41.4 Å². The predicted octanol–water partition coefficient (Wildman–Crippen LogP) is 3.79. The van der Waals surface area contributed by atoms with Crippen LogP contribution in [-0.4, -0.2) is 8.42 Å². The molecule has 2 aromatic rings. The van der Waals surface area contributed by atoms with Crippen molar-refractivity contribution >= 4 is 38.9 Å². The molecule has 1 N–H and O–H groups in total. The summed E-state index contributed by atoms with van der Waals surface area (Å²) in [6.45, 7) is 0. The average Bonchev–Trinajstić information content (AvgIpc) is 2.33. The van der Waals surface area contributed by atoms with Crippen LogP contribution < -0.4 is 4.72 Å². The van der Waals surface area contributed by atoms with E-state index in [2.05, 4.69) is 4.72 Å². The first kappa shape index (κ1) is 13.2. The number of para-hydroxylation sites is 1. The molecule has 2 aromatic carbocycles. The Morgan fingerprint density at radius 3 is 2.17 bits per heavy atom. The van der Waals surface area contributed by atoms with Gasteiger partial charge in [-0.3, -0.25) is 4.72 Å². The Morgan fingerprint density at radius 1 is 0.889 bits per heavy atom. The van der Waals surface area contributed by atoms with Crippen molar-refractivity contribution in [1.29, 1.82) is 0 Å². The van der Waals surface area contributed by atoms with Crippen molar-refractivity contribution in [3.05, 3.63) is 58.6 Å². The lowest BCUT2D eigenvalue weighted by atomic mass is 10.3. The number of halogens is 2. The first-order chi connectivity index (χ1) is 8.49. The maximum Gasteiger partial charge on any atom is 0.261 e. The van der Waals surface area contributed by atoms with Crippen LogP contribution in [0.3, 0.4) is 0 Å². The van der Waals surface area contributed by atoms with Crippen LogP contribution in [0.15, 0.2) is 53.4 Å². The Kier molecular flexibility index (Phi) is 3.80. The van der Waals surface area contributed by atoms with E-state index < -0.39 is 10.0 Å². The normalized spacial score (nSPS) is 11.2. The Labute approximate surface area is 115 Å². The highest BCUT2D eigenvalue weighted by atomic mass is 35.5. The van der Waals surface area contributed by atoms with Gasteiger partial charge in [0.05, 0.1) is 14.9 Å². The predicted molar refractivity (Wildman–Crippen MR) is 73.7 cm³/mol. The van der Waals surface area contributed by atoms with Gasteiger partial charge in [0.2, 0.25) is 0 Å². The second-order valence-electron chi connectivity index (χ2n) is 3.55. The molecular weight excluding hydrogens is 293 g/mol. The first-order valence-corrected chi connectivity index (χ1v) is 7.26.